The van der Waals surface area contributed by atoms with E-state index >= 15 is 0 Å². The maximum atomic E-state index is 9.82. The Kier molecular flexibility index (Phi) is 5.74. The van der Waals surface area contributed by atoms with Gasteiger partial charge in [0.05, 0.1) is 11.4 Å². The summed E-state index contributed by atoms with van der Waals surface area (Å²) in [5, 5.41) is 14.9. The summed E-state index contributed by atoms with van der Waals surface area (Å²) in [7, 11) is 0. The summed E-state index contributed by atoms with van der Waals surface area (Å²) in [5.41, 5.74) is 10.9. The fraction of sp³-hybridized carbons (Fsp3) is 0.233. The van der Waals surface area contributed by atoms with Crippen LogP contribution in [0.4, 0.5) is 5.69 Å². The van der Waals surface area contributed by atoms with Gasteiger partial charge in [0, 0.05) is 29.1 Å². The van der Waals surface area contributed by atoms with Crippen LogP contribution in [-0.4, -0.2) is 21.4 Å². The van der Waals surface area contributed by atoms with Crippen molar-refractivity contribution in [2.45, 2.75) is 39.5 Å². The third-order valence-electron chi connectivity index (χ3n) is 6.92. The van der Waals surface area contributed by atoms with E-state index in [1.54, 1.807) is 0 Å². The van der Waals surface area contributed by atoms with Gasteiger partial charge in [-0.25, -0.2) is 4.68 Å². The molecule has 0 aliphatic carbocycles. The maximum absolute atomic E-state index is 9.82. The van der Waals surface area contributed by atoms with Gasteiger partial charge in [-0.1, -0.05) is 37.4 Å². The van der Waals surface area contributed by atoms with Crippen molar-refractivity contribution in [2.24, 2.45) is 0 Å². The first-order valence-corrected chi connectivity index (χ1v) is 11.9. The molecule has 3 heterocycles. The second kappa shape index (κ2) is 8.86. The molecular weight excluding hydrogens is 418 g/mol. The number of rotatable bonds is 4. The molecule has 2 aliphatic rings. The molecule has 2 aliphatic heterocycles. The number of hydrogen-bond donors (Lipinski definition) is 1. The van der Waals surface area contributed by atoms with Gasteiger partial charge in [-0.15, -0.1) is 0 Å². The average Bonchev–Trinajstić information content (AvgIpc) is 3.23. The molecule has 172 valence electrons. The van der Waals surface area contributed by atoms with Crippen LogP contribution < -0.4 is 4.90 Å². The summed E-state index contributed by atoms with van der Waals surface area (Å²) in [6.45, 7) is 13.3. The highest BCUT2D eigenvalue weighted by molar-refractivity contribution is 5.80. The number of aromatic nitrogens is 2. The van der Waals surface area contributed by atoms with Gasteiger partial charge in [-0.2, -0.15) is 5.10 Å². The van der Waals surface area contributed by atoms with Gasteiger partial charge in [0.2, 0.25) is 0 Å². The van der Waals surface area contributed by atoms with Crippen LogP contribution in [0.2, 0.25) is 0 Å². The zero-order valence-electron chi connectivity index (χ0n) is 20.0. The van der Waals surface area contributed by atoms with E-state index in [2.05, 4.69) is 85.1 Å². The van der Waals surface area contributed by atoms with Crippen molar-refractivity contribution in [3.63, 3.8) is 0 Å². The predicted molar refractivity (Wildman–Crippen MR) is 142 cm³/mol. The molecule has 0 bridgehead atoms. The third-order valence-corrected chi connectivity index (χ3v) is 6.92. The van der Waals surface area contributed by atoms with E-state index in [-0.39, 0.29) is 5.76 Å². The van der Waals surface area contributed by atoms with Crippen molar-refractivity contribution in [1.82, 2.24) is 9.78 Å². The second-order valence-electron chi connectivity index (χ2n) is 9.24. The molecular formula is C30H31N3O. The zero-order chi connectivity index (χ0) is 23.8. The first-order valence-electron chi connectivity index (χ1n) is 11.9. The topological polar surface area (TPSA) is 41.3 Å². The van der Waals surface area contributed by atoms with Crippen molar-refractivity contribution < 1.29 is 5.11 Å². The Morgan fingerprint density at radius 3 is 2.65 bits per heavy atom. The van der Waals surface area contributed by atoms with Crippen molar-refractivity contribution in [1.29, 1.82) is 0 Å². The molecule has 4 nitrogen and oxygen atoms in total. The molecule has 0 atom stereocenters. The first kappa shape index (κ1) is 22.0. The Morgan fingerprint density at radius 1 is 1.00 bits per heavy atom. The van der Waals surface area contributed by atoms with Crippen molar-refractivity contribution in [3.8, 4) is 0 Å². The zero-order valence-corrected chi connectivity index (χ0v) is 20.0. The molecule has 3 aromatic rings. The van der Waals surface area contributed by atoms with E-state index in [1.165, 1.54) is 22.4 Å². The molecule has 0 radical (unpaired) electrons. The lowest BCUT2D eigenvalue weighted by molar-refractivity contribution is 0.513. The molecule has 0 saturated heterocycles. The fourth-order valence-corrected chi connectivity index (χ4v) is 4.82. The molecule has 2 aromatic carbocycles. The molecule has 1 aromatic heterocycles. The van der Waals surface area contributed by atoms with Gasteiger partial charge in [0.1, 0.15) is 11.5 Å². The number of aryl methyl sites for hydroxylation is 4. The van der Waals surface area contributed by atoms with E-state index in [4.69, 9.17) is 5.10 Å². The quantitative estimate of drug-likeness (QED) is 0.443. The molecule has 0 fully saturated rings. The number of anilines is 1. The van der Waals surface area contributed by atoms with Gasteiger partial charge in [0.15, 0.2) is 0 Å². The van der Waals surface area contributed by atoms with Crippen LogP contribution in [0.3, 0.4) is 0 Å². The molecule has 34 heavy (non-hydrogen) atoms. The maximum Gasteiger partial charge on any atom is 0.115 e. The lowest BCUT2D eigenvalue weighted by atomic mass is 9.98. The third kappa shape index (κ3) is 4.01. The summed E-state index contributed by atoms with van der Waals surface area (Å²) in [5.74, 6) is 0.104. The minimum absolute atomic E-state index is 0.104. The van der Waals surface area contributed by atoms with Crippen LogP contribution in [0, 0.1) is 13.8 Å². The van der Waals surface area contributed by atoms with E-state index < -0.39 is 0 Å². The van der Waals surface area contributed by atoms with Crippen LogP contribution in [0.25, 0.3) is 17.2 Å². The summed E-state index contributed by atoms with van der Waals surface area (Å²) >= 11 is 0. The predicted octanol–water partition coefficient (Wildman–Crippen LogP) is 6.84. The number of allylic oxidation sites excluding steroid dienone is 3. The van der Waals surface area contributed by atoms with Gasteiger partial charge in [-0.3, -0.25) is 0 Å². The SMILES string of the molecule is C=C(O)c1ccc2c(c1)CCCN2C(=C)c1cc2n(n1)/C(c1ccc(C)c(C)c1)=C\C=C/CC2. The second-order valence-corrected chi connectivity index (χ2v) is 9.24. The first-order chi connectivity index (χ1) is 16.4. The number of benzene rings is 2. The van der Waals surface area contributed by atoms with Crippen LogP contribution in [0.1, 0.15) is 52.0 Å². The van der Waals surface area contributed by atoms with E-state index in [0.717, 1.165) is 66.1 Å². The number of aliphatic hydroxyl groups excluding tert-OH is 1. The van der Waals surface area contributed by atoms with Crippen molar-refractivity contribution in [2.75, 3.05) is 11.4 Å². The molecule has 1 N–H and O–H groups in total. The van der Waals surface area contributed by atoms with Crippen LogP contribution in [0.15, 0.2) is 73.9 Å². The molecule has 0 spiro atoms. The summed E-state index contributed by atoms with van der Waals surface area (Å²) in [6.07, 6.45) is 10.4. The highest BCUT2D eigenvalue weighted by atomic mass is 16.3. The summed E-state index contributed by atoms with van der Waals surface area (Å²) < 4.78 is 2.10. The molecule has 0 amide bonds. The highest BCUT2D eigenvalue weighted by Gasteiger charge is 2.23. The molecule has 5 rings (SSSR count). The minimum atomic E-state index is 0.104. The Balaban J connectivity index is 1.53. The standard InChI is InChI=1S/C30H31N3O/c1-20-12-13-26(17-21(20)2)30-11-7-5-6-10-27-19-28(31-33(27)30)22(3)32-16-8-9-25-18-24(23(4)34)14-15-29(25)32/h5,7,11-15,17-19,34H,3-4,6,8-10,16H2,1-2H3/b7-5-,30-11-. The van der Waals surface area contributed by atoms with Crippen molar-refractivity contribution >= 4 is 22.8 Å². The molecule has 0 unspecified atom stereocenters. The fourth-order valence-electron chi connectivity index (χ4n) is 4.82. The lowest BCUT2D eigenvalue weighted by Gasteiger charge is -2.32. The summed E-state index contributed by atoms with van der Waals surface area (Å²) in [6, 6.07) is 14.8. The van der Waals surface area contributed by atoms with Crippen LogP contribution >= 0.6 is 0 Å². The van der Waals surface area contributed by atoms with Gasteiger partial charge in [0.25, 0.3) is 0 Å². The van der Waals surface area contributed by atoms with Gasteiger partial charge < -0.3 is 10.0 Å². The van der Waals surface area contributed by atoms with Gasteiger partial charge >= 0.3 is 0 Å². The lowest BCUT2D eigenvalue weighted by Crippen LogP contribution is -2.27. The Bertz CT molecular complexity index is 1360. The van der Waals surface area contributed by atoms with Gasteiger partial charge in [-0.05, 0) is 92.6 Å². The Morgan fingerprint density at radius 2 is 1.85 bits per heavy atom. The minimum Gasteiger partial charge on any atom is -0.508 e. The smallest absolute Gasteiger partial charge is 0.115 e. The van der Waals surface area contributed by atoms with E-state index in [0.29, 0.717) is 0 Å². The number of hydrogen-bond acceptors (Lipinski definition) is 3. The Labute approximate surface area is 201 Å². The summed E-state index contributed by atoms with van der Waals surface area (Å²) in [4.78, 5) is 2.26. The normalized spacial score (nSPS) is 17.6. The average molecular weight is 450 g/mol. The number of nitrogens with zero attached hydrogens (tertiary/aromatic N) is 3. The van der Waals surface area contributed by atoms with E-state index in [1.807, 2.05) is 12.1 Å². The van der Waals surface area contributed by atoms with Crippen LogP contribution in [0.5, 0.6) is 0 Å². The monoisotopic (exact) mass is 449 g/mol. The molecule has 0 saturated carbocycles. The van der Waals surface area contributed by atoms with Crippen molar-refractivity contribution in [3.05, 3.63) is 113 Å². The Hall–Kier alpha value is -3.79. The molecule has 4 heteroatoms. The largest absolute Gasteiger partial charge is 0.508 e. The number of aliphatic hydroxyl groups is 1. The number of fused-ring (bicyclic) bond motifs is 2. The van der Waals surface area contributed by atoms with Crippen LogP contribution in [-0.2, 0) is 12.8 Å². The highest BCUT2D eigenvalue weighted by Crippen LogP contribution is 2.35. The van der Waals surface area contributed by atoms with E-state index in [9.17, 15) is 5.11 Å².